The Labute approximate surface area is 107 Å². The molecule has 2 heterocycles. The number of aromatic nitrogens is 2. The minimum atomic E-state index is -0.335. The Hall–Kier alpha value is -1.36. The number of carbonyl (C=O) groups is 1. The van der Waals surface area contributed by atoms with Gasteiger partial charge in [-0.3, -0.25) is 0 Å². The number of hydrogen-bond donors (Lipinski definition) is 0. The highest BCUT2D eigenvalue weighted by atomic mass is 79.9. The summed E-state index contributed by atoms with van der Waals surface area (Å²) in [7, 11) is 1.39. The van der Waals surface area contributed by atoms with Crippen molar-refractivity contribution in [3.05, 3.63) is 34.3 Å². The number of hydrogen-bond acceptors (Lipinski definition) is 3. The Balaban J connectivity index is 2.27. The molecule has 1 fully saturated rings. The van der Waals surface area contributed by atoms with Crippen molar-refractivity contribution in [2.75, 3.05) is 7.11 Å². The molecule has 0 radical (unpaired) electrons. The number of fused-ring (bicyclic) bond motifs is 1. The van der Waals surface area contributed by atoms with Gasteiger partial charge in [-0.25, -0.2) is 9.78 Å². The summed E-state index contributed by atoms with van der Waals surface area (Å²) < 4.78 is 7.47. The molecule has 1 aliphatic rings. The first kappa shape index (κ1) is 10.8. The fraction of sp³-hybridized carbons (Fsp3) is 0.333. The third kappa shape index (κ3) is 1.65. The lowest BCUT2D eigenvalue weighted by molar-refractivity contribution is 0.0602. The minimum absolute atomic E-state index is 0.335. The normalized spacial score (nSPS) is 15.2. The van der Waals surface area contributed by atoms with E-state index in [1.54, 1.807) is 6.07 Å². The van der Waals surface area contributed by atoms with Crippen LogP contribution in [0.2, 0.25) is 0 Å². The highest BCUT2D eigenvalue weighted by molar-refractivity contribution is 9.10. The van der Waals surface area contributed by atoms with E-state index in [1.165, 1.54) is 20.0 Å². The molecule has 0 amide bonds. The first-order chi connectivity index (χ1) is 8.22. The lowest BCUT2D eigenvalue weighted by Crippen LogP contribution is -2.04. The smallest absolute Gasteiger partial charge is 0.340 e. The maximum Gasteiger partial charge on any atom is 0.340 e. The second-order valence-electron chi connectivity index (χ2n) is 4.17. The van der Waals surface area contributed by atoms with Crippen LogP contribution in [-0.4, -0.2) is 22.5 Å². The van der Waals surface area contributed by atoms with Gasteiger partial charge in [-0.1, -0.05) is 0 Å². The zero-order valence-electron chi connectivity index (χ0n) is 9.31. The van der Waals surface area contributed by atoms with Gasteiger partial charge >= 0.3 is 5.97 Å². The molecule has 0 atom stereocenters. The summed E-state index contributed by atoms with van der Waals surface area (Å²) in [5, 5.41) is 0. The fourth-order valence-electron chi connectivity index (χ4n) is 2.02. The molecule has 2 aromatic heterocycles. The summed E-state index contributed by atoms with van der Waals surface area (Å²) in [6, 6.07) is 3.60. The van der Waals surface area contributed by atoms with Gasteiger partial charge in [0.1, 0.15) is 10.4 Å². The van der Waals surface area contributed by atoms with Crippen molar-refractivity contribution in [3.8, 4) is 0 Å². The monoisotopic (exact) mass is 294 g/mol. The summed E-state index contributed by atoms with van der Waals surface area (Å²) in [6.45, 7) is 0. The molecule has 2 aromatic rings. The van der Waals surface area contributed by atoms with E-state index in [4.69, 9.17) is 4.74 Å². The molecule has 0 spiro atoms. The van der Waals surface area contributed by atoms with E-state index in [0.29, 0.717) is 16.1 Å². The van der Waals surface area contributed by atoms with Crippen LogP contribution < -0.4 is 0 Å². The topological polar surface area (TPSA) is 43.6 Å². The minimum Gasteiger partial charge on any atom is -0.465 e. The summed E-state index contributed by atoms with van der Waals surface area (Å²) >= 11 is 3.42. The molecule has 4 nitrogen and oxygen atoms in total. The number of ether oxygens (including phenoxy) is 1. The van der Waals surface area contributed by atoms with Crippen LogP contribution in [-0.2, 0) is 4.74 Å². The van der Waals surface area contributed by atoms with Crippen molar-refractivity contribution >= 4 is 27.4 Å². The number of pyridine rings is 1. The van der Waals surface area contributed by atoms with Crippen LogP contribution in [0.25, 0.3) is 5.52 Å². The number of esters is 1. The molecule has 0 saturated heterocycles. The lowest BCUT2D eigenvalue weighted by Gasteiger charge is -2.03. The van der Waals surface area contributed by atoms with E-state index in [2.05, 4.69) is 20.9 Å². The number of methoxy groups -OCH3 is 1. The summed E-state index contributed by atoms with van der Waals surface area (Å²) in [4.78, 5) is 16.2. The molecule has 0 unspecified atom stereocenters. The molecule has 0 aromatic carbocycles. The zero-order valence-corrected chi connectivity index (χ0v) is 10.9. The van der Waals surface area contributed by atoms with Crippen molar-refractivity contribution in [1.82, 2.24) is 9.38 Å². The second-order valence-corrected chi connectivity index (χ2v) is 4.92. The molecule has 1 aliphatic carbocycles. The van der Waals surface area contributed by atoms with E-state index in [1.807, 2.05) is 16.7 Å². The maximum absolute atomic E-state index is 11.7. The van der Waals surface area contributed by atoms with Crippen LogP contribution in [0.15, 0.2) is 22.9 Å². The van der Waals surface area contributed by atoms with Crippen molar-refractivity contribution < 1.29 is 9.53 Å². The van der Waals surface area contributed by atoms with Gasteiger partial charge < -0.3 is 9.14 Å². The van der Waals surface area contributed by atoms with Gasteiger partial charge in [-0.05, 0) is 40.9 Å². The largest absolute Gasteiger partial charge is 0.465 e. The standard InChI is InChI=1S/C12H11BrN2O2/c1-17-12(16)8-3-2-6-15-9(8)10(13)14-11(15)7-4-5-7/h2-3,6-7H,4-5H2,1H3. The molecular formula is C12H11BrN2O2. The van der Waals surface area contributed by atoms with Gasteiger partial charge in [0.25, 0.3) is 0 Å². The van der Waals surface area contributed by atoms with Gasteiger partial charge in [0.2, 0.25) is 0 Å². The fourth-order valence-corrected chi connectivity index (χ4v) is 2.61. The van der Waals surface area contributed by atoms with Gasteiger partial charge in [0, 0.05) is 12.1 Å². The number of nitrogens with zero attached hydrogens (tertiary/aromatic N) is 2. The van der Waals surface area contributed by atoms with Gasteiger partial charge in [-0.15, -0.1) is 0 Å². The first-order valence-corrected chi connectivity index (χ1v) is 6.26. The van der Waals surface area contributed by atoms with Crippen molar-refractivity contribution in [1.29, 1.82) is 0 Å². The van der Waals surface area contributed by atoms with Crippen molar-refractivity contribution in [3.63, 3.8) is 0 Å². The number of imidazole rings is 1. The number of rotatable bonds is 2. The van der Waals surface area contributed by atoms with Gasteiger partial charge in [0.15, 0.2) is 0 Å². The number of halogens is 1. The van der Waals surface area contributed by atoms with Gasteiger partial charge in [0.05, 0.1) is 18.2 Å². The van der Waals surface area contributed by atoms with Gasteiger partial charge in [-0.2, -0.15) is 0 Å². The van der Waals surface area contributed by atoms with Crippen LogP contribution >= 0.6 is 15.9 Å². The Bertz CT molecular complexity index is 602. The average Bonchev–Trinajstić information content (AvgIpc) is 3.13. The molecule has 17 heavy (non-hydrogen) atoms. The molecule has 88 valence electrons. The van der Waals surface area contributed by atoms with Crippen LogP contribution in [0.4, 0.5) is 0 Å². The van der Waals surface area contributed by atoms with E-state index < -0.39 is 0 Å². The summed E-state index contributed by atoms with van der Waals surface area (Å²) in [5.41, 5.74) is 1.34. The predicted octanol–water partition coefficient (Wildman–Crippen LogP) is 2.76. The molecule has 0 N–H and O–H groups in total. The Morgan fingerprint density at radius 2 is 2.35 bits per heavy atom. The second kappa shape index (κ2) is 3.84. The quantitative estimate of drug-likeness (QED) is 0.800. The third-order valence-electron chi connectivity index (χ3n) is 3.00. The van der Waals surface area contributed by atoms with E-state index >= 15 is 0 Å². The van der Waals surface area contributed by atoms with Crippen molar-refractivity contribution in [2.45, 2.75) is 18.8 Å². The molecule has 5 heteroatoms. The van der Waals surface area contributed by atoms with Crippen molar-refractivity contribution in [2.24, 2.45) is 0 Å². The van der Waals surface area contributed by atoms with Crippen LogP contribution in [0.3, 0.4) is 0 Å². The molecule has 0 bridgehead atoms. The first-order valence-electron chi connectivity index (χ1n) is 5.47. The molecule has 3 rings (SSSR count). The highest BCUT2D eigenvalue weighted by Gasteiger charge is 2.30. The van der Waals surface area contributed by atoms with Crippen LogP contribution in [0.1, 0.15) is 34.9 Å². The summed E-state index contributed by atoms with van der Waals surface area (Å²) in [6.07, 6.45) is 4.29. The predicted molar refractivity (Wildman–Crippen MR) is 66.2 cm³/mol. The van der Waals surface area contributed by atoms with Crippen LogP contribution in [0, 0.1) is 0 Å². The number of carbonyl (C=O) groups excluding carboxylic acids is 1. The van der Waals surface area contributed by atoms with E-state index in [-0.39, 0.29) is 5.97 Å². The van der Waals surface area contributed by atoms with Crippen LogP contribution in [0.5, 0.6) is 0 Å². The Kier molecular flexibility index (Phi) is 2.43. The SMILES string of the molecule is COC(=O)c1cccn2c(C3CC3)nc(Br)c12. The zero-order chi connectivity index (χ0) is 12.0. The van der Waals surface area contributed by atoms with E-state index in [9.17, 15) is 4.79 Å². The molecule has 0 aliphatic heterocycles. The average molecular weight is 295 g/mol. The highest BCUT2D eigenvalue weighted by Crippen LogP contribution is 2.41. The summed E-state index contributed by atoms with van der Waals surface area (Å²) in [5.74, 6) is 1.22. The molecule has 1 saturated carbocycles. The van der Waals surface area contributed by atoms with E-state index in [0.717, 1.165) is 11.3 Å². The molecular weight excluding hydrogens is 284 g/mol. The lowest BCUT2D eigenvalue weighted by atomic mass is 10.2. The third-order valence-corrected chi connectivity index (χ3v) is 3.55. The Morgan fingerprint density at radius 1 is 1.59 bits per heavy atom. The maximum atomic E-state index is 11.7. The Morgan fingerprint density at radius 3 is 3.00 bits per heavy atom.